The summed E-state index contributed by atoms with van der Waals surface area (Å²) >= 11 is 5.15. The summed E-state index contributed by atoms with van der Waals surface area (Å²) in [6.07, 6.45) is 3.95. The van der Waals surface area contributed by atoms with Crippen molar-refractivity contribution in [1.29, 1.82) is 0 Å². The summed E-state index contributed by atoms with van der Waals surface area (Å²) < 4.78 is 7.45. The molecule has 2 aromatic heterocycles. The van der Waals surface area contributed by atoms with E-state index < -0.39 is 36.6 Å². The highest BCUT2D eigenvalue weighted by atomic mass is 32.1. The van der Waals surface area contributed by atoms with Gasteiger partial charge in [0.1, 0.15) is 10.2 Å². The lowest BCUT2D eigenvalue weighted by atomic mass is 9.84. The van der Waals surface area contributed by atoms with Crippen LogP contribution in [0.5, 0.6) is 0 Å². The Bertz CT molecular complexity index is 872. The van der Waals surface area contributed by atoms with Gasteiger partial charge in [0.05, 0.1) is 31.1 Å². The van der Waals surface area contributed by atoms with Gasteiger partial charge in [-0.3, -0.25) is 4.57 Å². The van der Waals surface area contributed by atoms with Gasteiger partial charge in [0.25, 0.3) is 0 Å². The van der Waals surface area contributed by atoms with Gasteiger partial charge in [-0.2, -0.15) is 4.98 Å². The number of hydrogen-bond acceptors (Lipinski definition) is 8. The molecule has 24 heavy (non-hydrogen) atoms. The van der Waals surface area contributed by atoms with Crippen molar-refractivity contribution in [2.75, 3.05) is 12.3 Å². The number of aromatic amines is 1. The number of aliphatic hydroxyl groups is 3. The first-order chi connectivity index (χ1) is 11.3. The molecule has 0 amide bonds. The monoisotopic (exact) mass is 351 g/mol. The zero-order valence-corrected chi connectivity index (χ0v) is 13.6. The number of nitrogens with two attached hydrogens (primary N) is 1. The van der Waals surface area contributed by atoms with Crippen LogP contribution >= 0.6 is 12.2 Å². The van der Waals surface area contributed by atoms with E-state index >= 15 is 0 Å². The van der Waals surface area contributed by atoms with Crippen LogP contribution in [-0.2, 0) is 4.74 Å². The Morgan fingerprint density at radius 2 is 2.38 bits per heavy atom. The molecule has 0 radical (unpaired) electrons. The van der Waals surface area contributed by atoms with E-state index in [9.17, 15) is 15.3 Å². The quantitative estimate of drug-likeness (QED) is 0.362. The lowest BCUT2D eigenvalue weighted by Crippen LogP contribution is -2.44. The predicted octanol–water partition coefficient (Wildman–Crippen LogP) is -0.678. The maximum Gasteiger partial charge on any atom is 0.200 e. The molecule has 5 atom stereocenters. The summed E-state index contributed by atoms with van der Waals surface area (Å²) in [6.45, 7) is 1.03. The lowest BCUT2D eigenvalue weighted by molar-refractivity contribution is -0.0845. The first-order valence-corrected chi connectivity index (χ1v) is 7.61. The smallest absolute Gasteiger partial charge is 0.200 e. The summed E-state index contributed by atoms with van der Waals surface area (Å²) in [4.78, 5) is 11.0. The van der Waals surface area contributed by atoms with Gasteiger partial charge in [-0.05, 0) is 6.92 Å². The molecule has 1 fully saturated rings. The summed E-state index contributed by atoms with van der Waals surface area (Å²) in [5, 5.41) is 30.5. The second kappa shape index (κ2) is 5.80. The molecule has 10 heteroatoms. The second-order valence-electron chi connectivity index (χ2n) is 5.73. The molecular weight excluding hydrogens is 334 g/mol. The number of aliphatic hydroxyl groups excluding tert-OH is 2. The fourth-order valence-electron chi connectivity index (χ4n) is 3.04. The number of H-pyrrole nitrogens is 1. The van der Waals surface area contributed by atoms with Gasteiger partial charge >= 0.3 is 0 Å². The highest BCUT2D eigenvalue weighted by Crippen LogP contribution is 2.44. The van der Waals surface area contributed by atoms with Crippen LogP contribution in [-0.4, -0.2) is 59.3 Å². The van der Waals surface area contributed by atoms with Crippen LogP contribution in [0.1, 0.15) is 13.2 Å². The van der Waals surface area contributed by atoms with E-state index in [-0.39, 0.29) is 16.2 Å². The Hall–Kier alpha value is -2.03. The highest BCUT2D eigenvalue weighted by molar-refractivity contribution is 7.71. The highest BCUT2D eigenvalue weighted by Gasteiger charge is 2.57. The van der Waals surface area contributed by atoms with Gasteiger partial charge < -0.3 is 30.8 Å². The van der Waals surface area contributed by atoms with E-state index in [2.05, 4.69) is 20.9 Å². The van der Waals surface area contributed by atoms with Crippen molar-refractivity contribution in [3.05, 3.63) is 11.0 Å². The zero-order chi connectivity index (χ0) is 17.6. The van der Waals surface area contributed by atoms with Crippen LogP contribution in [0.25, 0.3) is 11.2 Å². The molecule has 6 N–H and O–H groups in total. The first kappa shape index (κ1) is 16.8. The second-order valence-corrected chi connectivity index (χ2v) is 6.14. The van der Waals surface area contributed by atoms with Crippen LogP contribution in [0.15, 0.2) is 6.33 Å². The van der Waals surface area contributed by atoms with E-state index in [1.807, 2.05) is 0 Å². The molecule has 0 aromatic carbocycles. The molecule has 0 bridgehead atoms. The minimum absolute atomic E-state index is 0.0716. The normalized spacial score (nSPS) is 31.2. The number of nitrogens with zero attached hydrogens (tertiary/aromatic N) is 3. The SMILES string of the molecule is C#CC1(O)C(CO)[C@@H]([C@H](C)O)O[C@H]1n1cnc2c(=S)[nH]c(N)nc21. The number of anilines is 1. The molecule has 3 rings (SSSR count). The van der Waals surface area contributed by atoms with Crippen molar-refractivity contribution in [3.8, 4) is 12.3 Å². The van der Waals surface area contributed by atoms with E-state index in [4.69, 9.17) is 29.1 Å². The number of fused-ring (bicyclic) bond motifs is 1. The molecule has 1 aliphatic rings. The van der Waals surface area contributed by atoms with Crippen LogP contribution in [0.3, 0.4) is 0 Å². The fraction of sp³-hybridized carbons (Fsp3) is 0.500. The van der Waals surface area contributed by atoms with Crippen molar-refractivity contribution in [3.63, 3.8) is 0 Å². The molecule has 0 aliphatic carbocycles. The molecule has 9 nitrogen and oxygen atoms in total. The summed E-state index contributed by atoms with van der Waals surface area (Å²) in [5.74, 6) is 1.46. The Balaban J connectivity index is 2.18. The zero-order valence-electron chi connectivity index (χ0n) is 12.7. The van der Waals surface area contributed by atoms with Gasteiger partial charge in [-0.1, -0.05) is 18.1 Å². The van der Waals surface area contributed by atoms with Crippen LogP contribution in [0.2, 0.25) is 0 Å². The van der Waals surface area contributed by atoms with Crippen molar-refractivity contribution in [2.24, 2.45) is 5.92 Å². The average Bonchev–Trinajstić information content (AvgIpc) is 3.06. The number of nitrogen functional groups attached to an aromatic ring is 1. The average molecular weight is 351 g/mol. The van der Waals surface area contributed by atoms with Gasteiger partial charge in [0.2, 0.25) is 5.95 Å². The van der Waals surface area contributed by atoms with E-state index in [1.165, 1.54) is 17.8 Å². The number of imidazole rings is 1. The molecule has 3 heterocycles. The van der Waals surface area contributed by atoms with Crippen LogP contribution in [0, 0.1) is 22.9 Å². The third-order valence-electron chi connectivity index (χ3n) is 4.23. The molecule has 2 aromatic rings. The Morgan fingerprint density at radius 1 is 1.67 bits per heavy atom. The van der Waals surface area contributed by atoms with Gasteiger partial charge in [0.15, 0.2) is 17.5 Å². The topological polar surface area (TPSA) is 142 Å². The third-order valence-corrected chi connectivity index (χ3v) is 4.53. The molecule has 0 spiro atoms. The third kappa shape index (κ3) is 2.29. The first-order valence-electron chi connectivity index (χ1n) is 7.20. The van der Waals surface area contributed by atoms with Crippen molar-refractivity contribution < 1.29 is 20.1 Å². The fourth-order valence-corrected chi connectivity index (χ4v) is 3.29. The van der Waals surface area contributed by atoms with E-state index in [0.717, 1.165) is 0 Å². The van der Waals surface area contributed by atoms with Crippen molar-refractivity contribution in [2.45, 2.75) is 31.0 Å². The van der Waals surface area contributed by atoms with E-state index in [1.54, 1.807) is 0 Å². The molecule has 2 unspecified atom stereocenters. The Labute approximate surface area is 142 Å². The van der Waals surface area contributed by atoms with E-state index in [0.29, 0.717) is 5.52 Å². The minimum atomic E-state index is -1.87. The Kier molecular flexibility index (Phi) is 4.06. The number of nitrogens with one attached hydrogen (secondary N) is 1. The number of aromatic nitrogens is 4. The van der Waals surface area contributed by atoms with Crippen molar-refractivity contribution in [1.82, 2.24) is 19.5 Å². The summed E-state index contributed by atoms with van der Waals surface area (Å²) in [7, 11) is 0. The summed E-state index contributed by atoms with van der Waals surface area (Å²) in [5.41, 5.74) is 4.45. The molecular formula is C14H17N5O4S. The maximum atomic E-state index is 10.9. The van der Waals surface area contributed by atoms with Gasteiger partial charge in [-0.25, -0.2) is 4.98 Å². The number of rotatable bonds is 3. The molecule has 128 valence electrons. The van der Waals surface area contributed by atoms with Crippen molar-refractivity contribution >= 4 is 29.3 Å². The molecule has 1 saturated heterocycles. The van der Waals surface area contributed by atoms with Crippen LogP contribution < -0.4 is 5.73 Å². The van der Waals surface area contributed by atoms with Crippen LogP contribution in [0.4, 0.5) is 5.95 Å². The minimum Gasteiger partial charge on any atom is -0.396 e. The predicted molar refractivity (Wildman–Crippen MR) is 87.1 cm³/mol. The number of terminal acetylenes is 1. The number of ether oxygens (including phenoxy) is 1. The maximum absolute atomic E-state index is 10.9. The van der Waals surface area contributed by atoms with Gasteiger partial charge in [0, 0.05) is 0 Å². The molecule has 1 aliphatic heterocycles. The number of hydrogen-bond donors (Lipinski definition) is 5. The lowest BCUT2D eigenvalue weighted by Gasteiger charge is -2.28. The standard InChI is InChI=1S/C14H17N5O4S/c1-3-14(22)7(4-20)9(6(2)21)23-12(14)19-5-16-8-10(19)17-13(15)18-11(8)24/h1,5-7,9,12,20-22H,4H2,2H3,(H3,15,17,18,24)/t6-,7?,9+,12+,14?/m0/s1. The Morgan fingerprint density at radius 3 is 2.96 bits per heavy atom. The molecule has 0 saturated carbocycles. The largest absolute Gasteiger partial charge is 0.396 e. The van der Waals surface area contributed by atoms with Gasteiger partial charge in [-0.15, -0.1) is 6.42 Å². The summed E-state index contributed by atoms with van der Waals surface area (Å²) in [6, 6.07) is 0.